The van der Waals surface area contributed by atoms with Crippen LogP contribution in [0.2, 0.25) is 5.02 Å². The highest BCUT2D eigenvalue weighted by atomic mass is 35.5. The van der Waals surface area contributed by atoms with Gasteiger partial charge in [0.15, 0.2) is 0 Å². The molecule has 0 bridgehead atoms. The first-order valence-electron chi connectivity index (χ1n) is 7.44. The van der Waals surface area contributed by atoms with Gasteiger partial charge >= 0.3 is 5.97 Å². The smallest absolute Gasteiger partial charge is 0.317 e. The summed E-state index contributed by atoms with van der Waals surface area (Å²) in [5.41, 5.74) is 0.213. The van der Waals surface area contributed by atoms with Crippen LogP contribution >= 0.6 is 11.6 Å². The van der Waals surface area contributed by atoms with Crippen molar-refractivity contribution in [3.8, 4) is 6.07 Å². The summed E-state index contributed by atoms with van der Waals surface area (Å²) in [6, 6.07) is 5.72. The highest BCUT2D eigenvalue weighted by Gasteiger charge is 2.36. The number of sulfonamides is 1. The van der Waals surface area contributed by atoms with Crippen LogP contribution in [0.5, 0.6) is 0 Å². The van der Waals surface area contributed by atoms with Crippen LogP contribution in [-0.2, 0) is 14.8 Å². The molecule has 0 aromatic heterocycles. The second kappa shape index (κ2) is 7.49. The van der Waals surface area contributed by atoms with Gasteiger partial charge in [0.25, 0.3) is 0 Å². The zero-order valence-corrected chi connectivity index (χ0v) is 14.6. The molecule has 0 heterocycles. The van der Waals surface area contributed by atoms with Gasteiger partial charge in [-0.25, -0.2) is 13.1 Å². The quantitative estimate of drug-likeness (QED) is 0.750. The molecule has 2 rings (SSSR count). The molecule has 1 aromatic rings. The Bertz CT molecular complexity index is 769. The first kappa shape index (κ1) is 18.7. The van der Waals surface area contributed by atoms with E-state index in [1.807, 2.05) is 13.0 Å². The van der Waals surface area contributed by atoms with Gasteiger partial charge in [-0.15, -0.1) is 0 Å². The largest absolute Gasteiger partial charge is 0.480 e. The Morgan fingerprint density at radius 3 is 2.71 bits per heavy atom. The zero-order valence-electron chi connectivity index (χ0n) is 13.1. The number of rotatable bonds is 7. The molecule has 0 amide bonds. The SMILES string of the molecule is CCN(CC(=O)O)C1CC(NS(=O)(=O)c2cc(C#N)ccc2Cl)C1. The summed E-state index contributed by atoms with van der Waals surface area (Å²) in [7, 11) is -3.83. The number of hydrogen-bond donors (Lipinski definition) is 2. The highest BCUT2D eigenvalue weighted by Crippen LogP contribution is 2.29. The predicted octanol–water partition coefficient (Wildman–Crippen LogP) is 1.43. The lowest BCUT2D eigenvalue weighted by molar-refractivity contribution is -0.139. The summed E-state index contributed by atoms with van der Waals surface area (Å²) < 4.78 is 27.4. The third-order valence-corrected chi connectivity index (χ3v) is 6.05. The van der Waals surface area contributed by atoms with Gasteiger partial charge in [0, 0.05) is 12.1 Å². The number of halogens is 1. The maximum absolute atomic E-state index is 12.4. The number of carbonyl (C=O) groups is 1. The lowest BCUT2D eigenvalue weighted by Gasteiger charge is -2.42. The number of nitrogens with one attached hydrogen (secondary N) is 1. The minimum atomic E-state index is -3.83. The van der Waals surface area contributed by atoms with E-state index in [0.717, 1.165) is 0 Å². The van der Waals surface area contributed by atoms with Crippen LogP contribution in [0, 0.1) is 11.3 Å². The molecule has 1 aromatic carbocycles. The number of nitriles is 1. The summed E-state index contributed by atoms with van der Waals surface area (Å²) in [5.74, 6) is -0.902. The Kier molecular flexibility index (Phi) is 5.83. The van der Waals surface area contributed by atoms with Gasteiger partial charge in [-0.05, 0) is 37.6 Å². The molecule has 24 heavy (non-hydrogen) atoms. The average molecular weight is 372 g/mol. The lowest BCUT2D eigenvalue weighted by Crippen LogP contribution is -2.54. The van der Waals surface area contributed by atoms with Crippen LogP contribution in [0.4, 0.5) is 0 Å². The zero-order chi connectivity index (χ0) is 17.9. The highest BCUT2D eigenvalue weighted by molar-refractivity contribution is 7.89. The summed E-state index contributed by atoms with van der Waals surface area (Å²) in [6.45, 7) is 2.40. The van der Waals surface area contributed by atoms with Crippen molar-refractivity contribution in [2.45, 2.75) is 36.7 Å². The monoisotopic (exact) mass is 371 g/mol. The van der Waals surface area contributed by atoms with Gasteiger partial charge in [-0.2, -0.15) is 5.26 Å². The molecule has 1 fully saturated rings. The fourth-order valence-corrected chi connectivity index (χ4v) is 4.50. The second-order valence-corrected chi connectivity index (χ2v) is 7.75. The van der Waals surface area contributed by atoms with E-state index < -0.39 is 16.0 Å². The molecule has 0 unspecified atom stereocenters. The third kappa shape index (κ3) is 4.24. The molecule has 0 aliphatic heterocycles. The van der Waals surface area contributed by atoms with Crippen molar-refractivity contribution in [3.05, 3.63) is 28.8 Å². The molecule has 7 nitrogen and oxygen atoms in total. The van der Waals surface area contributed by atoms with Crippen molar-refractivity contribution >= 4 is 27.6 Å². The van der Waals surface area contributed by atoms with E-state index in [1.54, 1.807) is 4.90 Å². The average Bonchev–Trinajstić information content (AvgIpc) is 2.48. The molecule has 0 saturated heterocycles. The van der Waals surface area contributed by atoms with Crippen molar-refractivity contribution in [1.29, 1.82) is 5.26 Å². The summed E-state index contributed by atoms with van der Waals surface area (Å²) in [5, 5.41) is 17.8. The van der Waals surface area contributed by atoms with Gasteiger partial charge < -0.3 is 5.11 Å². The van der Waals surface area contributed by atoms with E-state index in [1.165, 1.54) is 18.2 Å². The normalized spacial score (nSPS) is 20.4. The molecule has 0 atom stereocenters. The summed E-state index contributed by atoms with van der Waals surface area (Å²) in [6.07, 6.45) is 1.08. The van der Waals surface area contributed by atoms with E-state index in [-0.39, 0.29) is 34.1 Å². The molecule has 9 heteroatoms. The molecule has 1 aliphatic rings. The van der Waals surface area contributed by atoms with Gasteiger partial charge in [0.1, 0.15) is 4.90 Å². The number of hydrogen-bond acceptors (Lipinski definition) is 5. The third-order valence-electron chi connectivity index (χ3n) is 4.05. The van der Waals surface area contributed by atoms with Gasteiger partial charge in [-0.3, -0.25) is 9.69 Å². The summed E-state index contributed by atoms with van der Waals surface area (Å²) >= 11 is 5.94. The van der Waals surface area contributed by atoms with Crippen LogP contribution in [0.1, 0.15) is 25.3 Å². The molecule has 0 spiro atoms. The molecule has 2 N–H and O–H groups in total. The first-order chi connectivity index (χ1) is 11.3. The maximum atomic E-state index is 12.4. The maximum Gasteiger partial charge on any atom is 0.317 e. The van der Waals surface area contributed by atoms with Crippen LogP contribution in [-0.4, -0.2) is 49.6 Å². The fraction of sp³-hybridized carbons (Fsp3) is 0.467. The Morgan fingerprint density at radius 1 is 1.50 bits per heavy atom. The standard InChI is InChI=1S/C15H18ClN3O4S/c1-2-19(9-15(20)21)12-6-11(7-12)18-24(22,23)14-5-10(8-17)3-4-13(14)16/h3-5,11-12,18H,2,6-7,9H2,1H3,(H,20,21). The van der Waals surface area contributed by atoms with Gasteiger partial charge in [0.2, 0.25) is 10.0 Å². The van der Waals surface area contributed by atoms with E-state index in [4.69, 9.17) is 22.0 Å². The molecular weight excluding hydrogens is 354 g/mol. The number of likely N-dealkylation sites (N-methyl/N-ethyl adjacent to an activating group) is 1. The van der Waals surface area contributed by atoms with Crippen LogP contribution in [0.25, 0.3) is 0 Å². The molecule has 1 saturated carbocycles. The van der Waals surface area contributed by atoms with Crippen LogP contribution in [0.15, 0.2) is 23.1 Å². The number of carboxylic acids is 1. The number of carboxylic acid groups (broad SMARTS) is 1. The van der Waals surface area contributed by atoms with Crippen molar-refractivity contribution in [3.63, 3.8) is 0 Å². The minimum absolute atomic E-state index is 0.0414. The topological polar surface area (TPSA) is 110 Å². The van der Waals surface area contributed by atoms with Crippen molar-refractivity contribution < 1.29 is 18.3 Å². The molecular formula is C15H18ClN3O4S. The number of nitrogens with zero attached hydrogens (tertiary/aromatic N) is 2. The summed E-state index contributed by atoms with van der Waals surface area (Å²) in [4.78, 5) is 12.5. The van der Waals surface area contributed by atoms with Gasteiger partial charge in [-0.1, -0.05) is 18.5 Å². The second-order valence-electron chi connectivity index (χ2n) is 5.66. The van der Waals surface area contributed by atoms with E-state index in [9.17, 15) is 13.2 Å². The van der Waals surface area contributed by atoms with Crippen LogP contribution in [0.3, 0.4) is 0 Å². The Hall–Kier alpha value is -1.66. The molecule has 1 aliphatic carbocycles. The Morgan fingerprint density at radius 2 is 2.17 bits per heavy atom. The van der Waals surface area contributed by atoms with Crippen LogP contribution < -0.4 is 4.72 Å². The van der Waals surface area contributed by atoms with Crippen molar-refractivity contribution in [2.75, 3.05) is 13.1 Å². The first-order valence-corrected chi connectivity index (χ1v) is 9.30. The minimum Gasteiger partial charge on any atom is -0.480 e. The Labute approximate surface area is 145 Å². The number of aliphatic carboxylic acids is 1. The predicted molar refractivity (Wildman–Crippen MR) is 88.2 cm³/mol. The molecule has 130 valence electrons. The molecule has 0 radical (unpaired) electrons. The van der Waals surface area contributed by atoms with Crippen molar-refractivity contribution in [2.24, 2.45) is 0 Å². The van der Waals surface area contributed by atoms with E-state index in [0.29, 0.717) is 19.4 Å². The van der Waals surface area contributed by atoms with E-state index >= 15 is 0 Å². The van der Waals surface area contributed by atoms with E-state index in [2.05, 4.69) is 4.72 Å². The number of benzene rings is 1. The van der Waals surface area contributed by atoms with Crippen molar-refractivity contribution in [1.82, 2.24) is 9.62 Å². The van der Waals surface area contributed by atoms with Gasteiger partial charge in [0.05, 0.1) is 23.2 Å². The Balaban J connectivity index is 2.03. The fourth-order valence-electron chi connectivity index (χ4n) is 2.72. The lowest BCUT2D eigenvalue weighted by atomic mass is 9.86.